The average molecular weight is 209 g/mol. The number of rotatable bonds is 3. The Hall–Kier alpha value is -1.10. The highest BCUT2D eigenvalue weighted by Crippen LogP contribution is 2.21. The van der Waals surface area contributed by atoms with Crippen LogP contribution in [-0.2, 0) is 4.74 Å². The van der Waals surface area contributed by atoms with Crippen LogP contribution in [0, 0.1) is 0 Å². The van der Waals surface area contributed by atoms with Gasteiger partial charge in [-0.05, 0) is 12.1 Å². The molecule has 4 nitrogen and oxygen atoms in total. The zero-order chi connectivity index (χ0) is 10.7. The molecular weight excluding hydrogens is 194 g/mol. The molecule has 2 rings (SSSR count). The van der Waals surface area contributed by atoms with Crippen LogP contribution < -0.4 is 5.32 Å². The summed E-state index contributed by atoms with van der Waals surface area (Å²) in [6, 6.07) is 9.66. The van der Waals surface area contributed by atoms with Gasteiger partial charge in [0.05, 0.1) is 12.7 Å². The molecule has 1 aliphatic rings. The molecule has 0 bridgehead atoms. The van der Waals surface area contributed by atoms with Gasteiger partial charge < -0.3 is 20.3 Å². The van der Waals surface area contributed by atoms with E-state index in [2.05, 4.69) is 5.32 Å². The topological polar surface area (TPSA) is 61.7 Å². The van der Waals surface area contributed by atoms with Crippen molar-refractivity contribution in [3.05, 3.63) is 30.3 Å². The highest BCUT2D eigenvalue weighted by atomic mass is 16.5. The lowest BCUT2D eigenvalue weighted by atomic mass is 10.2. The number of ether oxygens (including phenoxy) is 1. The fourth-order valence-electron chi connectivity index (χ4n) is 1.71. The third kappa shape index (κ3) is 2.47. The number of anilines is 1. The fraction of sp³-hybridized carbons (Fsp3) is 0.455. The Kier molecular flexibility index (Phi) is 3.20. The molecule has 1 aromatic rings. The van der Waals surface area contributed by atoms with Crippen LogP contribution in [0.15, 0.2) is 30.3 Å². The van der Waals surface area contributed by atoms with Crippen molar-refractivity contribution in [1.29, 1.82) is 0 Å². The number of aliphatic hydroxyl groups is 2. The van der Waals surface area contributed by atoms with Crippen molar-refractivity contribution >= 4 is 5.69 Å². The predicted molar refractivity (Wildman–Crippen MR) is 56.4 cm³/mol. The summed E-state index contributed by atoms with van der Waals surface area (Å²) in [5.41, 5.74) is 0.952. The molecule has 1 saturated heterocycles. The Bertz CT molecular complexity index is 304. The van der Waals surface area contributed by atoms with E-state index in [1.165, 1.54) is 0 Å². The molecule has 1 aliphatic heterocycles. The van der Waals surface area contributed by atoms with Crippen molar-refractivity contribution in [3.8, 4) is 0 Å². The Morgan fingerprint density at radius 1 is 1.33 bits per heavy atom. The monoisotopic (exact) mass is 209 g/mol. The minimum Gasteiger partial charge on any atom is -0.394 e. The van der Waals surface area contributed by atoms with Crippen molar-refractivity contribution in [2.45, 2.75) is 24.9 Å². The second kappa shape index (κ2) is 4.61. The van der Waals surface area contributed by atoms with Gasteiger partial charge in [0.25, 0.3) is 0 Å². The lowest BCUT2D eigenvalue weighted by Crippen LogP contribution is -2.25. The number of hydrogen-bond acceptors (Lipinski definition) is 4. The molecule has 4 heteroatoms. The molecule has 3 atom stereocenters. The largest absolute Gasteiger partial charge is 0.394 e. The number of nitrogens with one attached hydrogen (secondary N) is 1. The standard InChI is InChI=1S/C11H15NO3/c13-7-10-9(14)6-11(15-10)12-8-4-2-1-3-5-8/h1-5,9-14H,6-7H2/t9-,10-,11-/m0/s1. The van der Waals surface area contributed by atoms with Crippen LogP contribution in [0.2, 0.25) is 0 Å². The second-order valence-electron chi connectivity index (χ2n) is 3.66. The Labute approximate surface area is 88.5 Å². The van der Waals surface area contributed by atoms with Gasteiger partial charge in [-0.25, -0.2) is 0 Å². The first-order valence-corrected chi connectivity index (χ1v) is 5.05. The van der Waals surface area contributed by atoms with Gasteiger partial charge in [-0.3, -0.25) is 0 Å². The minimum atomic E-state index is -0.587. The number of para-hydroxylation sites is 1. The maximum absolute atomic E-state index is 9.51. The summed E-state index contributed by atoms with van der Waals surface area (Å²) in [6.45, 7) is -0.145. The Morgan fingerprint density at radius 3 is 2.67 bits per heavy atom. The van der Waals surface area contributed by atoms with E-state index in [9.17, 15) is 5.11 Å². The van der Waals surface area contributed by atoms with E-state index in [-0.39, 0.29) is 12.8 Å². The third-order valence-corrected chi connectivity index (χ3v) is 2.51. The third-order valence-electron chi connectivity index (χ3n) is 2.51. The molecular formula is C11H15NO3. The molecule has 82 valence electrons. The van der Waals surface area contributed by atoms with Gasteiger partial charge in [0, 0.05) is 12.1 Å². The number of benzene rings is 1. The summed E-state index contributed by atoms with van der Waals surface area (Å²) >= 11 is 0. The zero-order valence-electron chi connectivity index (χ0n) is 8.34. The molecule has 0 saturated carbocycles. The van der Waals surface area contributed by atoms with Gasteiger partial charge in [-0.15, -0.1) is 0 Å². The van der Waals surface area contributed by atoms with Gasteiger partial charge in [0.1, 0.15) is 12.3 Å². The summed E-state index contributed by atoms with van der Waals surface area (Å²) in [6.07, 6.45) is -0.776. The van der Waals surface area contributed by atoms with E-state index in [1.807, 2.05) is 30.3 Å². The molecule has 0 aliphatic carbocycles. The summed E-state index contributed by atoms with van der Waals surface area (Å²) in [4.78, 5) is 0. The quantitative estimate of drug-likeness (QED) is 0.681. The second-order valence-corrected chi connectivity index (χ2v) is 3.66. The Balaban J connectivity index is 1.92. The van der Waals surface area contributed by atoms with Crippen molar-refractivity contribution in [2.24, 2.45) is 0 Å². The van der Waals surface area contributed by atoms with E-state index in [1.54, 1.807) is 0 Å². The minimum absolute atomic E-state index is 0.145. The van der Waals surface area contributed by atoms with Crippen LogP contribution >= 0.6 is 0 Å². The maximum Gasteiger partial charge on any atom is 0.130 e. The fourth-order valence-corrected chi connectivity index (χ4v) is 1.71. The van der Waals surface area contributed by atoms with Gasteiger partial charge >= 0.3 is 0 Å². The van der Waals surface area contributed by atoms with E-state index >= 15 is 0 Å². The first kappa shape index (κ1) is 10.4. The van der Waals surface area contributed by atoms with Gasteiger partial charge in [0.15, 0.2) is 0 Å². The molecule has 0 aromatic heterocycles. The molecule has 0 radical (unpaired) electrons. The van der Waals surface area contributed by atoms with E-state index in [0.29, 0.717) is 6.42 Å². The maximum atomic E-state index is 9.51. The highest BCUT2D eigenvalue weighted by molar-refractivity contribution is 5.43. The van der Waals surface area contributed by atoms with Crippen molar-refractivity contribution in [2.75, 3.05) is 11.9 Å². The van der Waals surface area contributed by atoms with Crippen molar-refractivity contribution in [1.82, 2.24) is 0 Å². The van der Waals surface area contributed by atoms with Gasteiger partial charge in [-0.1, -0.05) is 18.2 Å². The Morgan fingerprint density at radius 2 is 2.07 bits per heavy atom. The van der Waals surface area contributed by atoms with Crippen LogP contribution in [0.5, 0.6) is 0 Å². The molecule has 0 amide bonds. The average Bonchev–Trinajstić information content (AvgIpc) is 2.60. The SMILES string of the molecule is OC[C@@H]1O[C@H](Nc2ccccc2)C[C@@H]1O. The number of aliphatic hydroxyl groups excluding tert-OH is 2. The van der Waals surface area contributed by atoms with E-state index < -0.39 is 12.2 Å². The van der Waals surface area contributed by atoms with Gasteiger partial charge in [0.2, 0.25) is 0 Å². The van der Waals surface area contributed by atoms with E-state index in [0.717, 1.165) is 5.69 Å². The van der Waals surface area contributed by atoms with Crippen molar-refractivity contribution < 1.29 is 14.9 Å². The number of hydrogen-bond donors (Lipinski definition) is 3. The highest BCUT2D eigenvalue weighted by Gasteiger charge is 2.33. The van der Waals surface area contributed by atoms with Crippen LogP contribution in [0.1, 0.15) is 6.42 Å². The zero-order valence-corrected chi connectivity index (χ0v) is 8.34. The molecule has 3 N–H and O–H groups in total. The van der Waals surface area contributed by atoms with E-state index in [4.69, 9.17) is 9.84 Å². The summed E-state index contributed by atoms with van der Waals surface area (Å²) in [5, 5.41) is 21.6. The van der Waals surface area contributed by atoms with Crippen LogP contribution in [0.4, 0.5) is 5.69 Å². The first-order chi connectivity index (χ1) is 7.29. The predicted octanol–water partition coefficient (Wildman–Crippen LogP) is 0.567. The van der Waals surface area contributed by atoms with Gasteiger partial charge in [-0.2, -0.15) is 0 Å². The molecule has 15 heavy (non-hydrogen) atoms. The lowest BCUT2D eigenvalue weighted by molar-refractivity contribution is -0.0149. The summed E-state index contributed by atoms with van der Waals surface area (Å²) in [5.74, 6) is 0. The molecule has 1 heterocycles. The first-order valence-electron chi connectivity index (χ1n) is 5.05. The summed E-state index contributed by atoms with van der Waals surface area (Å²) < 4.78 is 5.42. The molecule has 0 spiro atoms. The molecule has 0 unspecified atom stereocenters. The van der Waals surface area contributed by atoms with Crippen molar-refractivity contribution in [3.63, 3.8) is 0 Å². The van der Waals surface area contributed by atoms with Crippen LogP contribution in [0.25, 0.3) is 0 Å². The smallest absolute Gasteiger partial charge is 0.130 e. The molecule has 1 fully saturated rings. The summed E-state index contributed by atoms with van der Waals surface area (Å²) in [7, 11) is 0. The normalized spacial score (nSPS) is 30.4. The van der Waals surface area contributed by atoms with Crippen LogP contribution in [-0.4, -0.2) is 35.3 Å². The molecule has 1 aromatic carbocycles. The lowest BCUT2D eigenvalue weighted by Gasteiger charge is -2.14. The van der Waals surface area contributed by atoms with Crippen LogP contribution in [0.3, 0.4) is 0 Å².